The Bertz CT molecular complexity index is 444. The second-order valence-electron chi connectivity index (χ2n) is 3.43. The smallest absolute Gasteiger partial charge is 0.200 e. The summed E-state index contributed by atoms with van der Waals surface area (Å²) in [4.78, 5) is 9.61. The molecule has 2 N–H and O–H groups in total. The second kappa shape index (κ2) is 3.21. The summed E-state index contributed by atoms with van der Waals surface area (Å²) in [7, 11) is 5.90. The average Bonchev–Trinajstić information content (AvgIpc) is 2.58. The van der Waals surface area contributed by atoms with E-state index in [-0.39, 0.29) is 0 Å². The number of aromatic nitrogens is 2. The van der Waals surface area contributed by atoms with Gasteiger partial charge in [-0.05, 0) is 18.2 Å². The fourth-order valence-electron chi connectivity index (χ4n) is 1.39. The van der Waals surface area contributed by atoms with Crippen molar-refractivity contribution in [3.8, 4) is 0 Å². The predicted octanol–water partition coefficient (Wildman–Crippen LogP) is 1.67. The van der Waals surface area contributed by atoms with Crippen molar-refractivity contribution in [1.82, 2.24) is 9.97 Å². The number of nitrogens with one attached hydrogen (secondary N) is 2. The maximum Gasteiger partial charge on any atom is 0.200 e. The number of nitrogens with zero attached hydrogens (tertiary/aromatic N) is 2. The van der Waals surface area contributed by atoms with Gasteiger partial charge in [-0.2, -0.15) is 0 Å². The molecule has 0 aliphatic heterocycles. The van der Waals surface area contributed by atoms with Crippen molar-refractivity contribution in [2.45, 2.75) is 0 Å². The third-order valence-corrected chi connectivity index (χ3v) is 2.22. The molecule has 2 rings (SSSR count). The fraction of sp³-hybridized carbons (Fsp3) is 0.300. The van der Waals surface area contributed by atoms with Crippen LogP contribution in [0.3, 0.4) is 0 Å². The molecule has 0 aliphatic carbocycles. The molecule has 0 aliphatic rings. The Kier molecular flexibility index (Phi) is 2.04. The first-order valence-corrected chi connectivity index (χ1v) is 4.55. The molecule has 0 fully saturated rings. The zero-order valence-corrected chi connectivity index (χ0v) is 8.63. The minimum atomic E-state index is 0.802. The number of fused-ring (bicyclic) bond motifs is 1. The molecule has 0 spiro atoms. The number of anilines is 2. The van der Waals surface area contributed by atoms with Crippen LogP contribution in [0.15, 0.2) is 18.2 Å². The van der Waals surface area contributed by atoms with E-state index in [1.54, 1.807) is 0 Å². The molecule has 1 aromatic heterocycles. The highest BCUT2D eigenvalue weighted by atomic mass is 15.1. The van der Waals surface area contributed by atoms with Crippen LogP contribution in [-0.2, 0) is 0 Å². The molecule has 0 amide bonds. The molecule has 4 heteroatoms. The van der Waals surface area contributed by atoms with E-state index in [9.17, 15) is 0 Å². The lowest BCUT2D eigenvalue weighted by molar-refractivity contribution is 1.13. The molecule has 1 heterocycles. The van der Waals surface area contributed by atoms with Gasteiger partial charge in [0.05, 0.1) is 11.0 Å². The lowest BCUT2D eigenvalue weighted by Crippen LogP contribution is -2.07. The summed E-state index contributed by atoms with van der Waals surface area (Å²) in [5.41, 5.74) is 3.21. The highest BCUT2D eigenvalue weighted by Gasteiger charge is 2.02. The monoisotopic (exact) mass is 190 g/mol. The Labute approximate surface area is 82.9 Å². The minimum absolute atomic E-state index is 0.802. The molecule has 0 saturated carbocycles. The quantitative estimate of drug-likeness (QED) is 0.757. The van der Waals surface area contributed by atoms with Crippen molar-refractivity contribution in [1.29, 1.82) is 0 Å². The molecule has 0 atom stereocenters. The van der Waals surface area contributed by atoms with Gasteiger partial charge in [-0.15, -0.1) is 0 Å². The largest absolute Gasteiger partial charge is 0.378 e. The first-order chi connectivity index (χ1) is 6.70. The molecule has 2 aromatic rings. The number of imidazole rings is 1. The molecule has 0 unspecified atom stereocenters. The summed E-state index contributed by atoms with van der Waals surface area (Å²) < 4.78 is 0. The number of rotatable bonds is 2. The van der Waals surface area contributed by atoms with Gasteiger partial charge >= 0.3 is 0 Å². The molecule has 0 bridgehead atoms. The summed E-state index contributed by atoms with van der Waals surface area (Å²) in [6, 6.07) is 6.16. The maximum absolute atomic E-state index is 4.35. The van der Waals surface area contributed by atoms with Crippen LogP contribution in [0.5, 0.6) is 0 Å². The van der Waals surface area contributed by atoms with Crippen LogP contribution in [0.4, 0.5) is 11.6 Å². The molecular formula is C10H14N4. The van der Waals surface area contributed by atoms with E-state index >= 15 is 0 Å². The van der Waals surface area contributed by atoms with Gasteiger partial charge in [-0.25, -0.2) is 4.98 Å². The Morgan fingerprint density at radius 1 is 1.36 bits per heavy atom. The van der Waals surface area contributed by atoms with Gasteiger partial charge in [0.15, 0.2) is 0 Å². The van der Waals surface area contributed by atoms with Gasteiger partial charge in [-0.3, -0.25) is 0 Å². The molecule has 0 radical (unpaired) electrons. The Morgan fingerprint density at radius 3 is 2.79 bits per heavy atom. The molecule has 14 heavy (non-hydrogen) atoms. The third-order valence-electron chi connectivity index (χ3n) is 2.22. The van der Waals surface area contributed by atoms with Crippen molar-refractivity contribution in [2.75, 3.05) is 31.4 Å². The zero-order valence-electron chi connectivity index (χ0n) is 8.63. The van der Waals surface area contributed by atoms with Crippen molar-refractivity contribution < 1.29 is 0 Å². The van der Waals surface area contributed by atoms with E-state index in [0.717, 1.165) is 17.0 Å². The first kappa shape index (κ1) is 8.87. The van der Waals surface area contributed by atoms with Crippen LogP contribution >= 0.6 is 0 Å². The van der Waals surface area contributed by atoms with Gasteiger partial charge in [0, 0.05) is 26.8 Å². The van der Waals surface area contributed by atoms with E-state index < -0.39 is 0 Å². The minimum Gasteiger partial charge on any atom is -0.378 e. The SMILES string of the molecule is CNc1nc2ccc(N(C)C)cc2[nH]1. The lowest BCUT2D eigenvalue weighted by Gasteiger charge is -2.11. The van der Waals surface area contributed by atoms with Crippen LogP contribution in [0.2, 0.25) is 0 Å². The Balaban J connectivity index is 2.54. The number of hydrogen-bond donors (Lipinski definition) is 2. The molecule has 4 nitrogen and oxygen atoms in total. The second-order valence-corrected chi connectivity index (χ2v) is 3.43. The number of benzene rings is 1. The zero-order chi connectivity index (χ0) is 10.1. The molecular weight excluding hydrogens is 176 g/mol. The lowest BCUT2D eigenvalue weighted by atomic mass is 10.2. The van der Waals surface area contributed by atoms with Crippen molar-refractivity contribution in [3.63, 3.8) is 0 Å². The van der Waals surface area contributed by atoms with E-state index in [1.807, 2.05) is 27.2 Å². The van der Waals surface area contributed by atoms with E-state index in [4.69, 9.17) is 0 Å². The van der Waals surface area contributed by atoms with E-state index in [0.29, 0.717) is 0 Å². The van der Waals surface area contributed by atoms with Crippen molar-refractivity contribution in [3.05, 3.63) is 18.2 Å². The van der Waals surface area contributed by atoms with Gasteiger partial charge in [-0.1, -0.05) is 0 Å². The topological polar surface area (TPSA) is 44.0 Å². The van der Waals surface area contributed by atoms with Gasteiger partial charge < -0.3 is 15.2 Å². The summed E-state index contributed by atoms with van der Waals surface area (Å²) in [5, 5.41) is 2.98. The van der Waals surface area contributed by atoms with Crippen molar-refractivity contribution in [2.24, 2.45) is 0 Å². The van der Waals surface area contributed by atoms with Crippen molar-refractivity contribution >= 4 is 22.7 Å². The van der Waals surface area contributed by atoms with Crippen LogP contribution in [0, 0.1) is 0 Å². The maximum atomic E-state index is 4.35. The number of hydrogen-bond acceptors (Lipinski definition) is 3. The number of aromatic amines is 1. The third kappa shape index (κ3) is 1.39. The fourth-order valence-corrected chi connectivity index (χ4v) is 1.39. The summed E-state index contributed by atoms with van der Waals surface area (Å²) >= 11 is 0. The van der Waals surface area contributed by atoms with Crippen LogP contribution in [-0.4, -0.2) is 31.1 Å². The van der Waals surface area contributed by atoms with E-state index in [2.05, 4.69) is 32.3 Å². The van der Waals surface area contributed by atoms with E-state index in [1.165, 1.54) is 5.69 Å². The Morgan fingerprint density at radius 2 is 2.14 bits per heavy atom. The summed E-state index contributed by atoms with van der Waals surface area (Å²) in [5.74, 6) is 0.802. The van der Waals surface area contributed by atoms with Crippen LogP contribution in [0.1, 0.15) is 0 Å². The molecule has 1 aromatic carbocycles. The van der Waals surface area contributed by atoms with Crippen LogP contribution in [0.25, 0.3) is 11.0 Å². The molecule has 74 valence electrons. The van der Waals surface area contributed by atoms with Gasteiger partial charge in [0.25, 0.3) is 0 Å². The van der Waals surface area contributed by atoms with Crippen LogP contribution < -0.4 is 10.2 Å². The summed E-state index contributed by atoms with van der Waals surface area (Å²) in [6.45, 7) is 0. The first-order valence-electron chi connectivity index (χ1n) is 4.55. The highest BCUT2D eigenvalue weighted by Crippen LogP contribution is 2.20. The number of H-pyrrole nitrogens is 1. The average molecular weight is 190 g/mol. The standard InChI is InChI=1S/C10H14N4/c1-11-10-12-8-5-4-7(14(2)3)6-9(8)13-10/h4-6H,1-3H3,(H2,11,12,13). The predicted molar refractivity (Wildman–Crippen MR) is 60.0 cm³/mol. The normalized spacial score (nSPS) is 10.5. The summed E-state index contributed by atoms with van der Waals surface area (Å²) in [6.07, 6.45) is 0. The van der Waals surface area contributed by atoms with Gasteiger partial charge in [0.1, 0.15) is 0 Å². The molecule has 0 saturated heterocycles. The van der Waals surface area contributed by atoms with Gasteiger partial charge in [0.2, 0.25) is 5.95 Å². The Hall–Kier alpha value is -1.71. The highest BCUT2D eigenvalue weighted by molar-refractivity contribution is 5.81.